The predicted molar refractivity (Wildman–Crippen MR) is 121 cm³/mol. The molecule has 0 aliphatic carbocycles. The molecule has 0 atom stereocenters. The van der Waals surface area contributed by atoms with E-state index in [-0.39, 0.29) is 12.5 Å². The van der Waals surface area contributed by atoms with E-state index in [4.69, 9.17) is 17.2 Å². The van der Waals surface area contributed by atoms with Crippen molar-refractivity contribution >= 4 is 29.0 Å². The Balaban J connectivity index is 1.73. The number of carbonyl (C=O) groups is 1. The molecule has 152 valence electrons. The Morgan fingerprint density at radius 1 is 1.17 bits per heavy atom. The van der Waals surface area contributed by atoms with Gasteiger partial charge in [-0.15, -0.1) is 0 Å². The average Bonchev–Trinajstić information content (AvgIpc) is 3.10. The topological polar surface area (TPSA) is 75.6 Å². The highest BCUT2D eigenvalue weighted by Gasteiger charge is 2.16. The Morgan fingerprint density at radius 2 is 1.97 bits per heavy atom. The summed E-state index contributed by atoms with van der Waals surface area (Å²) in [5.74, 6) is 0.528. The molecular weight excluding hydrogens is 394 g/mol. The molecule has 4 aromatic rings. The van der Waals surface area contributed by atoms with Crippen molar-refractivity contribution in [3.8, 4) is 11.3 Å². The van der Waals surface area contributed by atoms with Gasteiger partial charge in [-0.1, -0.05) is 42.0 Å². The third-order valence-electron chi connectivity index (χ3n) is 5.18. The molecule has 2 N–H and O–H groups in total. The van der Waals surface area contributed by atoms with Crippen molar-refractivity contribution in [3.63, 3.8) is 0 Å². The molecule has 7 heteroatoms. The number of hydrogen-bond acceptors (Lipinski definition) is 4. The number of aromatic nitrogens is 4. The Bertz CT molecular complexity index is 1300. The zero-order valence-corrected chi connectivity index (χ0v) is 18.0. The smallest absolute Gasteiger partial charge is 0.252 e. The number of aromatic amines is 1. The third kappa shape index (κ3) is 3.76. The van der Waals surface area contributed by atoms with Crippen LogP contribution in [0.3, 0.4) is 0 Å². The second-order valence-corrected chi connectivity index (χ2v) is 7.65. The standard InChI is InChI=1S/C23H23N5OS/c1-4-28-21(26-27-23(28)30)13-24-22(29)18-12-20(16-10-9-14(2)11-15(16)3)25-19-8-6-5-7-17(18)19/h5-12H,4,13H2,1-3H3,(H,24,29)(H,27,30). The maximum Gasteiger partial charge on any atom is 0.252 e. The van der Waals surface area contributed by atoms with Crippen LogP contribution in [0.25, 0.3) is 22.2 Å². The number of para-hydroxylation sites is 1. The maximum absolute atomic E-state index is 13.1. The van der Waals surface area contributed by atoms with Gasteiger partial charge in [0, 0.05) is 17.5 Å². The number of H-pyrrole nitrogens is 1. The molecular formula is C23H23N5OS. The van der Waals surface area contributed by atoms with E-state index in [0.29, 0.717) is 22.7 Å². The van der Waals surface area contributed by atoms with E-state index >= 15 is 0 Å². The first-order valence-electron chi connectivity index (χ1n) is 9.87. The summed E-state index contributed by atoms with van der Waals surface area (Å²) < 4.78 is 2.41. The highest BCUT2D eigenvalue weighted by atomic mass is 32.1. The lowest BCUT2D eigenvalue weighted by atomic mass is 9.99. The summed E-state index contributed by atoms with van der Waals surface area (Å²) in [5, 5.41) is 10.8. The van der Waals surface area contributed by atoms with E-state index in [1.54, 1.807) is 0 Å². The first-order valence-corrected chi connectivity index (χ1v) is 10.3. The molecule has 0 fully saturated rings. The van der Waals surface area contributed by atoms with Gasteiger partial charge in [-0.3, -0.25) is 9.89 Å². The van der Waals surface area contributed by atoms with Gasteiger partial charge >= 0.3 is 0 Å². The van der Waals surface area contributed by atoms with Crippen LogP contribution in [0.5, 0.6) is 0 Å². The van der Waals surface area contributed by atoms with Gasteiger partial charge in [-0.25, -0.2) is 4.98 Å². The SMILES string of the molecule is CCn1c(CNC(=O)c2cc(-c3ccc(C)cc3C)nc3ccccc23)n[nH]c1=S. The van der Waals surface area contributed by atoms with Crippen molar-refractivity contribution in [1.29, 1.82) is 0 Å². The van der Waals surface area contributed by atoms with Crippen molar-refractivity contribution in [3.05, 3.63) is 75.8 Å². The number of fused-ring (bicyclic) bond motifs is 1. The molecule has 2 aromatic heterocycles. The maximum atomic E-state index is 13.1. The number of rotatable bonds is 5. The number of nitrogens with one attached hydrogen (secondary N) is 2. The molecule has 1 amide bonds. The fourth-order valence-corrected chi connectivity index (χ4v) is 3.95. The van der Waals surface area contributed by atoms with Crippen LogP contribution >= 0.6 is 12.2 Å². The fourth-order valence-electron chi connectivity index (χ4n) is 3.67. The number of aryl methyl sites for hydroxylation is 2. The summed E-state index contributed by atoms with van der Waals surface area (Å²) in [5.41, 5.74) is 5.51. The highest BCUT2D eigenvalue weighted by Crippen LogP contribution is 2.27. The molecule has 2 heterocycles. The van der Waals surface area contributed by atoms with Crippen LogP contribution in [0, 0.1) is 18.6 Å². The molecule has 0 bridgehead atoms. The minimum atomic E-state index is -0.170. The van der Waals surface area contributed by atoms with Gasteiger partial charge in [0.1, 0.15) is 0 Å². The number of hydrogen-bond donors (Lipinski definition) is 2. The molecule has 2 aromatic carbocycles. The Labute approximate surface area is 180 Å². The van der Waals surface area contributed by atoms with Crippen molar-refractivity contribution in [1.82, 2.24) is 25.1 Å². The third-order valence-corrected chi connectivity index (χ3v) is 5.49. The van der Waals surface area contributed by atoms with E-state index in [2.05, 4.69) is 47.6 Å². The summed E-state index contributed by atoms with van der Waals surface area (Å²) in [4.78, 5) is 18.0. The molecule has 4 rings (SSSR count). The zero-order chi connectivity index (χ0) is 21.3. The Kier molecular flexibility index (Phi) is 5.46. The molecule has 30 heavy (non-hydrogen) atoms. The van der Waals surface area contributed by atoms with Gasteiger partial charge in [0.25, 0.3) is 5.91 Å². The van der Waals surface area contributed by atoms with E-state index in [1.807, 2.05) is 41.8 Å². The van der Waals surface area contributed by atoms with Crippen molar-refractivity contribution in [2.45, 2.75) is 33.9 Å². The van der Waals surface area contributed by atoms with Crippen molar-refractivity contribution in [2.75, 3.05) is 0 Å². The summed E-state index contributed by atoms with van der Waals surface area (Å²) in [6, 6.07) is 15.8. The molecule has 0 aliphatic heterocycles. The minimum absolute atomic E-state index is 0.170. The number of nitrogens with zero attached hydrogens (tertiary/aromatic N) is 3. The summed E-state index contributed by atoms with van der Waals surface area (Å²) in [7, 11) is 0. The van der Waals surface area contributed by atoms with Gasteiger partial charge in [-0.2, -0.15) is 5.10 Å². The highest BCUT2D eigenvalue weighted by molar-refractivity contribution is 7.71. The van der Waals surface area contributed by atoms with Crippen LogP contribution in [-0.2, 0) is 13.1 Å². The number of benzene rings is 2. The van der Waals surface area contributed by atoms with E-state index in [9.17, 15) is 4.79 Å². The molecule has 0 aliphatic rings. The normalized spacial score (nSPS) is 11.0. The Hall–Kier alpha value is -3.32. The van der Waals surface area contributed by atoms with Gasteiger partial charge in [0.15, 0.2) is 10.6 Å². The summed E-state index contributed by atoms with van der Waals surface area (Å²) in [6.45, 7) is 7.09. The van der Waals surface area contributed by atoms with Crippen LogP contribution in [-0.4, -0.2) is 25.7 Å². The predicted octanol–water partition coefficient (Wildman–Crippen LogP) is 4.72. The van der Waals surface area contributed by atoms with E-state index in [0.717, 1.165) is 27.7 Å². The van der Waals surface area contributed by atoms with E-state index < -0.39 is 0 Å². The van der Waals surface area contributed by atoms with E-state index in [1.165, 1.54) is 5.56 Å². The van der Waals surface area contributed by atoms with Crippen LogP contribution in [0.1, 0.15) is 34.2 Å². The Morgan fingerprint density at radius 3 is 2.73 bits per heavy atom. The van der Waals surface area contributed by atoms with Crippen LogP contribution in [0.15, 0.2) is 48.5 Å². The van der Waals surface area contributed by atoms with Gasteiger partial charge in [0.05, 0.1) is 23.3 Å². The number of amides is 1. The monoisotopic (exact) mass is 417 g/mol. The second kappa shape index (κ2) is 8.20. The lowest BCUT2D eigenvalue weighted by molar-refractivity contribution is 0.0951. The lowest BCUT2D eigenvalue weighted by Crippen LogP contribution is -2.25. The zero-order valence-electron chi connectivity index (χ0n) is 17.2. The van der Waals surface area contributed by atoms with Crippen LogP contribution < -0.4 is 5.32 Å². The molecule has 0 unspecified atom stereocenters. The largest absolute Gasteiger partial charge is 0.345 e. The van der Waals surface area contributed by atoms with Crippen LogP contribution in [0.2, 0.25) is 0 Å². The first-order chi connectivity index (χ1) is 14.5. The summed E-state index contributed by atoms with van der Waals surface area (Å²) in [6.07, 6.45) is 0. The van der Waals surface area contributed by atoms with Gasteiger partial charge < -0.3 is 9.88 Å². The minimum Gasteiger partial charge on any atom is -0.345 e. The fraction of sp³-hybridized carbons (Fsp3) is 0.217. The molecule has 6 nitrogen and oxygen atoms in total. The number of carbonyl (C=O) groups excluding carboxylic acids is 1. The summed E-state index contributed by atoms with van der Waals surface area (Å²) >= 11 is 5.23. The molecule has 0 spiro atoms. The van der Waals surface area contributed by atoms with Gasteiger partial charge in [0.2, 0.25) is 0 Å². The van der Waals surface area contributed by atoms with Crippen molar-refractivity contribution < 1.29 is 4.79 Å². The first kappa shape index (κ1) is 20.0. The van der Waals surface area contributed by atoms with Crippen molar-refractivity contribution in [2.24, 2.45) is 0 Å². The molecule has 0 saturated carbocycles. The van der Waals surface area contributed by atoms with Gasteiger partial charge in [-0.05, 0) is 50.7 Å². The molecule has 0 saturated heterocycles. The number of pyridine rings is 1. The average molecular weight is 418 g/mol. The quantitative estimate of drug-likeness (QED) is 0.461. The second-order valence-electron chi connectivity index (χ2n) is 7.26. The van der Waals surface area contributed by atoms with Crippen LogP contribution in [0.4, 0.5) is 0 Å². The molecule has 0 radical (unpaired) electrons. The lowest BCUT2D eigenvalue weighted by Gasteiger charge is -2.12.